The number of benzene rings is 1. The van der Waals surface area contributed by atoms with Gasteiger partial charge in [0.1, 0.15) is 0 Å². The molecule has 3 heteroatoms. The number of aromatic nitrogens is 1. The van der Waals surface area contributed by atoms with Crippen molar-refractivity contribution in [1.82, 2.24) is 4.57 Å². The van der Waals surface area contributed by atoms with Gasteiger partial charge in [-0.25, -0.2) is 0 Å². The Morgan fingerprint density at radius 3 is 2.93 bits per heavy atom. The molecule has 2 aromatic rings. The Kier molecular flexibility index (Phi) is 2.98. The maximum absolute atomic E-state index is 6.20. The summed E-state index contributed by atoms with van der Waals surface area (Å²) in [6.45, 7) is 3.62. The normalized spacial score (nSPS) is 11.1. The summed E-state index contributed by atoms with van der Waals surface area (Å²) in [7, 11) is 1.71. The Hall–Kier alpha value is -0.990. The molecule has 0 radical (unpaired) electrons. The third-order valence-electron chi connectivity index (χ3n) is 2.60. The highest BCUT2D eigenvalue weighted by Gasteiger charge is 2.07. The third kappa shape index (κ3) is 1.87. The molecule has 0 spiro atoms. The van der Waals surface area contributed by atoms with Crippen LogP contribution in [0.5, 0.6) is 0 Å². The van der Waals surface area contributed by atoms with Crippen LogP contribution < -0.4 is 0 Å². The molecule has 0 atom stereocenters. The minimum atomic E-state index is 0.702. The van der Waals surface area contributed by atoms with E-state index in [-0.39, 0.29) is 0 Å². The lowest BCUT2D eigenvalue weighted by molar-refractivity contribution is 0.188. The van der Waals surface area contributed by atoms with E-state index in [0.29, 0.717) is 6.61 Å². The maximum Gasteiger partial charge on any atom is 0.0664 e. The molecule has 1 aromatic heterocycles. The summed E-state index contributed by atoms with van der Waals surface area (Å²) < 4.78 is 7.20. The number of rotatable bonds is 3. The van der Waals surface area contributed by atoms with E-state index in [1.165, 1.54) is 11.1 Å². The van der Waals surface area contributed by atoms with Crippen molar-refractivity contribution in [2.45, 2.75) is 13.5 Å². The average Bonchev–Trinajstić information content (AvgIpc) is 2.54. The quantitative estimate of drug-likeness (QED) is 0.779. The molecule has 0 saturated heterocycles. The summed E-state index contributed by atoms with van der Waals surface area (Å²) in [4.78, 5) is 0. The lowest BCUT2D eigenvalue weighted by atomic mass is 10.1. The summed E-state index contributed by atoms with van der Waals surface area (Å²) in [5.41, 5.74) is 2.39. The fourth-order valence-corrected chi connectivity index (χ4v) is 2.21. The molecule has 0 fully saturated rings. The second-order valence-corrected chi connectivity index (χ2v) is 4.04. The van der Waals surface area contributed by atoms with Crippen LogP contribution in [0.3, 0.4) is 0 Å². The fraction of sp³-hybridized carbons (Fsp3) is 0.333. The summed E-state index contributed by atoms with van der Waals surface area (Å²) in [6, 6.07) is 6.22. The van der Waals surface area contributed by atoms with E-state index in [0.717, 1.165) is 17.0 Å². The van der Waals surface area contributed by atoms with Gasteiger partial charge in [0.2, 0.25) is 0 Å². The maximum atomic E-state index is 6.20. The van der Waals surface area contributed by atoms with E-state index in [4.69, 9.17) is 16.3 Å². The summed E-state index contributed by atoms with van der Waals surface area (Å²) in [6.07, 6.45) is 1.97. The first-order valence-electron chi connectivity index (χ1n) is 4.97. The molecular formula is C12H14ClNO. The molecule has 0 aliphatic carbocycles. The molecule has 0 unspecified atom stereocenters. The highest BCUT2D eigenvalue weighted by atomic mass is 35.5. The minimum absolute atomic E-state index is 0.702. The number of aryl methyl sites for hydroxylation is 1. The van der Waals surface area contributed by atoms with Gasteiger partial charge in [-0.1, -0.05) is 23.7 Å². The lowest BCUT2D eigenvalue weighted by Crippen LogP contribution is -2.02. The van der Waals surface area contributed by atoms with E-state index in [9.17, 15) is 0 Å². The zero-order valence-electron chi connectivity index (χ0n) is 8.96. The summed E-state index contributed by atoms with van der Waals surface area (Å²) in [5.74, 6) is 0. The predicted octanol–water partition coefficient (Wildman–Crippen LogP) is 3.25. The molecule has 0 bridgehead atoms. The van der Waals surface area contributed by atoms with Gasteiger partial charge in [-0.2, -0.15) is 0 Å². The van der Waals surface area contributed by atoms with Crippen LogP contribution in [-0.2, 0) is 11.3 Å². The van der Waals surface area contributed by atoms with Gasteiger partial charge in [-0.3, -0.25) is 0 Å². The molecule has 2 rings (SSSR count). The topological polar surface area (TPSA) is 14.2 Å². The Morgan fingerprint density at radius 1 is 1.40 bits per heavy atom. The van der Waals surface area contributed by atoms with E-state index in [1.54, 1.807) is 7.11 Å². The highest BCUT2D eigenvalue weighted by Crippen LogP contribution is 2.28. The van der Waals surface area contributed by atoms with Crippen LogP contribution in [0.25, 0.3) is 10.9 Å². The van der Waals surface area contributed by atoms with E-state index in [1.807, 2.05) is 6.20 Å². The molecule has 0 amide bonds. The van der Waals surface area contributed by atoms with E-state index >= 15 is 0 Å². The SMILES string of the molecule is COCCn1cc(Cl)c2c(C)cccc21. The summed E-state index contributed by atoms with van der Waals surface area (Å²) >= 11 is 6.20. The molecule has 80 valence electrons. The van der Waals surface area contributed by atoms with Crippen molar-refractivity contribution in [3.05, 3.63) is 35.0 Å². The molecule has 1 heterocycles. The zero-order valence-corrected chi connectivity index (χ0v) is 9.71. The van der Waals surface area contributed by atoms with Crippen LogP contribution in [0.15, 0.2) is 24.4 Å². The van der Waals surface area contributed by atoms with Crippen LogP contribution >= 0.6 is 11.6 Å². The number of hydrogen-bond donors (Lipinski definition) is 0. The first-order valence-corrected chi connectivity index (χ1v) is 5.34. The number of ether oxygens (including phenoxy) is 1. The molecule has 0 N–H and O–H groups in total. The second-order valence-electron chi connectivity index (χ2n) is 3.63. The number of fused-ring (bicyclic) bond motifs is 1. The standard InChI is InChI=1S/C12H14ClNO/c1-9-4-3-5-11-12(9)10(13)8-14(11)6-7-15-2/h3-5,8H,6-7H2,1-2H3. The van der Waals surface area contributed by atoms with Gasteiger partial charge >= 0.3 is 0 Å². The average molecular weight is 224 g/mol. The molecule has 1 aromatic carbocycles. The van der Waals surface area contributed by atoms with Crippen LogP contribution in [0, 0.1) is 6.92 Å². The first kappa shape index (κ1) is 10.5. The molecule has 0 saturated carbocycles. The van der Waals surface area contributed by atoms with Crippen LogP contribution in [0.1, 0.15) is 5.56 Å². The van der Waals surface area contributed by atoms with Crippen molar-refractivity contribution in [3.63, 3.8) is 0 Å². The van der Waals surface area contributed by atoms with Gasteiger partial charge < -0.3 is 9.30 Å². The van der Waals surface area contributed by atoms with Gasteiger partial charge in [-0.05, 0) is 18.6 Å². The van der Waals surface area contributed by atoms with Crippen LogP contribution in [0.4, 0.5) is 0 Å². The largest absolute Gasteiger partial charge is 0.383 e. The minimum Gasteiger partial charge on any atom is -0.383 e. The van der Waals surface area contributed by atoms with Crippen molar-refractivity contribution in [2.75, 3.05) is 13.7 Å². The Labute approximate surface area is 94.4 Å². The van der Waals surface area contributed by atoms with Gasteiger partial charge in [0, 0.05) is 30.8 Å². The Balaban J connectivity index is 2.53. The van der Waals surface area contributed by atoms with Gasteiger partial charge in [0.15, 0.2) is 0 Å². The van der Waals surface area contributed by atoms with Crippen LogP contribution in [0.2, 0.25) is 5.02 Å². The van der Waals surface area contributed by atoms with Gasteiger partial charge in [0.25, 0.3) is 0 Å². The van der Waals surface area contributed by atoms with E-state index < -0.39 is 0 Å². The zero-order chi connectivity index (χ0) is 10.8. The molecule has 2 nitrogen and oxygen atoms in total. The van der Waals surface area contributed by atoms with Gasteiger partial charge in [-0.15, -0.1) is 0 Å². The fourth-order valence-electron chi connectivity index (χ4n) is 1.85. The number of methoxy groups -OCH3 is 1. The van der Waals surface area contributed by atoms with Crippen molar-refractivity contribution in [3.8, 4) is 0 Å². The van der Waals surface area contributed by atoms with Crippen molar-refractivity contribution in [2.24, 2.45) is 0 Å². The number of nitrogens with zero attached hydrogens (tertiary/aromatic N) is 1. The number of halogens is 1. The van der Waals surface area contributed by atoms with Crippen molar-refractivity contribution < 1.29 is 4.74 Å². The third-order valence-corrected chi connectivity index (χ3v) is 2.89. The van der Waals surface area contributed by atoms with E-state index in [2.05, 4.69) is 29.7 Å². The van der Waals surface area contributed by atoms with Gasteiger partial charge in [0.05, 0.1) is 11.6 Å². The lowest BCUT2D eigenvalue weighted by Gasteiger charge is -2.04. The number of hydrogen-bond acceptors (Lipinski definition) is 1. The first-order chi connectivity index (χ1) is 7.24. The van der Waals surface area contributed by atoms with Crippen molar-refractivity contribution in [1.29, 1.82) is 0 Å². The Bertz CT molecular complexity index is 476. The monoisotopic (exact) mass is 223 g/mol. The molecule has 0 aliphatic heterocycles. The van der Waals surface area contributed by atoms with Crippen molar-refractivity contribution >= 4 is 22.5 Å². The highest BCUT2D eigenvalue weighted by molar-refractivity contribution is 6.35. The second kappa shape index (κ2) is 4.25. The molecular weight excluding hydrogens is 210 g/mol. The Morgan fingerprint density at radius 2 is 2.20 bits per heavy atom. The van der Waals surface area contributed by atoms with Crippen LogP contribution in [-0.4, -0.2) is 18.3 Å². The summed E-state index contributed by atoms with van der Waals surface area (Å²) in [5, 5.41) is 1.97. The molecule has 15 heavy (non-hydrogen) atoms. The predicted molar refractivity (Wildman–Crippen MR) is 63.6 cm³/mol. The molecule has 0 aliphatic rings. The smallest absolute Gasteiger partial charge is 0.0664 e.